The molecule has 0 atom stereocenters. The molecule has 1 aromatic carbocycles. The van der Waals surface area contributed by atoms with Gasteiger partial charge in [-0.2, -0.15) is 0 Å². The maximum atomic E-state index is 5.81. The minimum Gasteiger partial charge on any atom is -0.493 e. The van der Waals surface area contributed by atoms with Crippen LogP contribution in [0.1, 0.15) is 38.2 Å². The largest absolute Gasteiger partial charge is 0.493 e. The summed E-state index contributed by atoms with van der Waals surface area (Å²) in [6, 6.07) is 7.70. The predicted octanol–water partition coefficient (Wildman–Crippen LogP) is 3.37. The van der Waals surface area contributed by atoms with Crippen LogP contribution in [0.2, 0.25) is 0 Å². The van der Waals surface area contributed by atoms with Crippen LogP contribution in [-0.2, 0) is 6.54 Å². The molecule has 1 saturated carbocycles. The molecular formula is C20H30N2O2. The lowest BCUT2D eigenvalue weighted by Crippen LogP contribution is -2.43. The molecule has 4 heteroatoms. The van der Waals surface area contributed by atoms with Gasteiger partial charge in [0.15, 0.2) is 11.5 Å². The Balaban J connectivity index is 1.50. The molecule has 0 radical (unpaired) electrons. The van der Waals surface area contributed by atoms with Crippen LogP contribution in [-0.4, -0.2) is 43.8 Å². The lowest BCUT2D eigenvalue weighted by molar-refractivity contribution is 0.189. The van der Waals surface area contributed by atoms with E-state index in [1.807, 2.05) is 13.0 Å². The molecular weight excluding hydrogens is 300 g/mol. The molecule has 0 unspecified atom stereocenters. The minimum atomic E-state index is 0.521. The van der Waals surface area contributed by atoms with E-state index in [1.165, 1.54) is 44.3 Å². The predicted molar refractivity (Wildman–Crippen MR) is 97.8 cm³/mol. The van der Waals surface area contributed by atoms with Gasteiger partial charge in [-0.05, 0) is 69.0 Å². The summed E-state index contributed by atoms with van der Waals surface area (Å²) >= 11 is 0. The number of hydrogen-bond donors (Lipinski definition) is 1. The number of nitrogens with one attached hydrogen (secondary N) is 1. The summed E-state index contributed by atoms with van der Waals surface area (Å²) in [5.41, 5.74) is 2.24. The normalized spacial score (nSPS) is 19.2. The highest BCUT2D eigenvalue weighted by Crippen LogP contribution is 2.30. The summed E-state index contributed by atoms with van der Waals surface area (Å²) < 4.78 is 11.2. The van der Waals surface area contributed by atoms with Gasteiger partial charge in [0, 0.05) is 18.6 Å². The number of benzene rings is 1. The number of likely N-dealkylation sites (tertiary alicyclic amines) is 1. The fourth-order valence-electron chi connectivity index (χ4n) is 3.32. The van der Waals surface area contributed by atoms with Gasteiger partial charge in [-0.1, -0.05) is 12.6 Å². The van der Waals surface area contributed by atoms with Gasteiger partial charge >= 0.3 is 0 Å². The SMILES string of the molecule is C=C(C)COc1cc(CNC2CCN(C3CC3)CC2)ccc1OC. The van der Waals surface area contributed by atoms with Gasteiger partial charge in [-0.15, -0.1) is 0 Å². The summed E-state index contributed by atoms with van der Waals surface area (Å²) in [6.07, 6.45) is 5.34. The zero-order valence-electron chi connectivity index (χ0n) is 15.0. The molecule has 0 aromatic heterocycles. The van der Waals surface area contributed by atoms with Crippen LogP contribution in [0.5, 0.6) is 11.5 Å². The molecule has 0 spiro atoms. The second kappa shape index (κ2) is 8.04. The van der Waals surface area contributed by atoms with Crippen LogP contribution in [0.3, 0.4) is 0 Å². The van der Waals surface area contributed by atoms with E-state index in [0.29, 0.717) is 12.6 Å². The fraction of sp³-hybridized carbons (Fsp3) is 0.600. The number of hydrogen-bond acceptors (Lipinski definition) is 4. The first-order valence-electron chi connectivity index (χ1n) is 9.07. The summed E-state index contributed by atoms with van der Waals surface area (Å²) in [5, 5.41) is 3.71. The molecule has 1 aromatic rings. The van der Waals surface area contributed by atoms with Crippen molar-refractivity contribution in [1.29, 1.82) is 0 Å². The van der Waals surface area contributed by atoms with Crippen molar-refractivity contribution in [1.82, 2.24) is 10.2 Å². The Kier molecular flexibility index (Phi) is 5.80. The fourth-order valence-corrected chi connectivity index (χ4v) is 3.32. The van der Waals surface area contributed by atoms with E-state index < -0.39 is 0 Å². The lowest BCUT2D eigenvalue weighted by atomic mass is 10.0. The van der Waals surface area contributed by atoms with Gasteiger partial charge in [0.2, 0.25) is 0 Å². The average molecular weight is 330 g/mol. The summed E-state index contributed by atoms with van der Waals surface area (Å²) in [4.78, 5) is 2.66. The van der Waals surface area contributed by atoms with E-state index in [1.54, 1.807) is 7.11 Å². The van der Waals surface area contributed by atoms with Gasteiger partial charge in [-0.3, -0.25) is 0 Å². The molecule has 1 saturated heterocycles. The number of methoxy groups -OCH3 is 1. The summed E-state index contributed by atoms with van der Waals surface area (Å²) in [5.74, 6) is 1.57. The first kappa shape index (κ1) is 17.3. The van der Waals surface area contributed by atoms with Crippen molar-refractivity contribution < 1.29 is 9.47 Å². The molecule has 4 nitrogen and oxygen atoms in total. The Labute approximate surface area is 145 Å². The van der Waals surface area contributed by atoms with E-state index in [0.717, 1.165) is 29.7 Å². The summed E-state index contributed by atoms with van der Waals surface area (Å²) in [6.45, 7) is 9.74. The van der Waals surface area contributed by atoms with Gasteiger partial charge in [0.05, 0.1) is 7.11 Å². The molecule has 24 heavy (non-hydrogen) atoms. The molecule has 1 N–H and O–H groups in total. The third-order valence-electron chi connectivity index (χ3n) is 4.89. The van der Waals surface area contributed by atoms with Crippen LogP contribution in [0.25, 0.3) is 0 Å². The number of nitrogens with zero attached hydrogens (tertiary/aromatic N) is 1. The van der Waals surface area contributed by atoms with Gasteiger partial charge in [0.1, 0.15) is 6.61 Å². The Morgan fingerprint density at radius 1 is 1.21 bits per heavy atom. The van der Waals surface area contributed by atoms with E-state index in [-0.39, 0.29) is 0 Å². The maximum Gasteiger partial charge on any atom is 0.161 e. The average Bonchev–Trinajstić information content (AvgIpc) is 3.43. The zero-order chi connectivity index (χ0) is 16.9. The molecule has 1 aliphatic carbocycles. The van der Waals surface area contributed by atoms with Crippen molar-refractivity contribution in [3.05, 3.63) is 35.9 Å². The molecule has 1 heterocycles. The molecule has 2 fully saturated rings. The molecule has 0 amide bonds. The Morgan fingerprint density at radius 3 is 2.58 bits per heavy atom. The monoisotopic (exact) mass is 330 g/mol. The van der Waals surface area contributed by atoms with Crippen LogP contribution in [0, 0.1) is 0 Å². The first-order valence-corrected chi connectivity index (χ1v) is 9.07. The van der Waals surface area contributed by atoms with Crippen molar-refractivity contribution in [2.75, 3.05) is 26.8 Å². The molecule has 2 aliphatic rings. The Hall–Kier alpha value is -1.52. The van der Waals surface area contributed by atoms with Crippen molar-refractivity contribution in [2.24, 2.45) is 0 Å². The van der Waals surface area contributed by atoms with Crippen molar-refractivity contribution >= 4 is 0 Å². The van der Waals surface area contributed by atoms with E-state index >= 15 is 0 Å². The summed E-state index contributed by atoms with van der Waals surface area (Å²) in [7, 11) is 1.68. The van der Waals surface area contributed by atoms with E-state index in [2.05, 4.69) is 28.9 Å². The smallest absolute Gasteiger partial charge is 0.161 e. The minimum absolute atomic E-state index is 0.521. The number of piperidine rings is 1. The van der Waals surface area contributed by atoms with E-state index in [4.69, 9.17) is 9.47 Å². The van der Waals surface area contributed by atoms with Crippen LogP contribution in [0.15, 0.2) is 30.4 Å². The van der Waals surface area contributed by atoms with Gasteiger partial charge < -0.3 is 19.7 Å². The third kappa shape index (κ3) is 4.74. The van der Waals surface area contributed by atoms with Crippen LogP contribution in [0.4, 0.5) is 0 Å². The second-order valence-electron chi connectivity index (χ2n) is 7.15. The molecule has 132 valence electrons. The van der Waals surface area contributed by atoms with Crippen molar-refractivity contribution in [3.63, 3.8) is 0 Å². The molecule has 0 bridgehead atoms. The topological polar surface area (TPSA) is 33.7 Å². The Bertz CT molecular complexity index is 561. The van der Waals surface area contributed by atoms with E-state index in [9.17, 15) is 0 Å². The highest BCUT2D eigenvalue weighted by Gasteiger charge is 2.31. The number of ether oxygens (including phenoxy) is 2. The Morgan fingerprint density at radius 2 is 1.96 bits per heavy atom. The molecule has 3 rings (SSSR count). The first-order chi connectivity index (χ1) is 11.7. The third-order valence-corrected chi connectivity index (χ3v) is 4.89. The highest BCUT2D eigenvalue weighted by atomic mass is 16.5. The van der Waals surface area contributed by atoms with Gasteiger partial charge in [-0.25, -0.2) is 0 Å². The van der Waals surface area contributed by atoms with Crippen molar-refractivity contribution in [3.8, 4) is 11.5 Å². The van der Waals surface area contributed by atoms with Crippen molar-refractivity contribution in [2.45, 2.75) is 51.2 Å². The maximum absolute atomic E-state index is 5.81. The molecule has 1 aliphatic heterocycles. The zero-order valence-corrected chi connectivity index (χ0v) is 15.0. The standard InChI is InChI=1S/C20H30N2O2/c1-15(2)14-24-20-12-16(4-7-19(20)23-3)13-21-17-8-10-22(11-9-17)18-5-6-18/h4,7,12,17-18,21H,1,5-6,8-11,13-14H2,2-3H3. The van der Waals surface area contributed by atoms with Crippen LogP contribution < -0.4 is 14.8 Å². The lowest BCUT2D eigenvalue weighted by Gasteiger charge is -2.32. The van der Waals surface area contributed by atoms with Gasteiger partial charge in [0.25, 0.3) is 0 Å². The number of rotatable bonds is 8. The highest BCUT2D eigenvalue weighted by molar-refractivity contribution is 5.43. The van der Waals surface area contributed by atoms with Crippen LogP contribution >= 0.6 is 0 Å². The quantitative estimate of drug-likeness (QED) is 0.741. The second-order valence-corrected chi connectivity index (χ2v) is 7.15.